The van der Waals surface area contributed by atoms with Gasteiger partial charge < -0.3 is 9.80 Å². The maximum atomic E-state index is 14.5. The molecule has 5 heteroatoms. The topological polar surface area (TPSA) is 23.6 Å². The van der Waals surface area contributed by atoms with Gasteiger partial charge >= 0.3 is 0 Å². The maximum Gasteiger partial charge on any atom is 0.147 e. The summed E-state index contributed by atoms with van der Waals surface area (Å²) in [6, 6.07) is 17.9. The first-order valence-corrected chi connectivity index (χ1v) is 14.5. The van der Waals surface area contributed by atoms with Crippen molar-refractivity contribution in [3.05, 3.63) is 68.6 Å². The normalized spacial score (nSPS) is 24.0. The van der Waals surface area contributed by atoms with Crippen molar-refractivity contribution in [1.82, 2.24) is 9.80 Å². The van der Waals surface area contributed by atoms with Crippen molar-refractivity contribution in [2.75, 3.05) is 27.2 Å². The van der Waals surface area contributed by atoms with Crippen LogP contribution in [0.1, 0.15) is 74.3 Å². The van der Waals surface area contributed by atoms with E-state index in [1.807, 2.05) is 0 Å². The molecule has 2 heterocycles. The van der Waals surface area contributed by atoms with Crippen molar-refractivity contribution in [3.63, 3.8) is 0 Å². The van der Waals surface area contributed by atoms with Gasteiger partial charge in [0.2, 0.25) is 0 Å². The lowest BCUT2D eigenvalue weighted by atomic mass is 9.76. The zero-order chi connectivity index (χ0) is 24.1. The van der Waals surface area contributed by atoms with Crippen molar-refractivity contribution >= 4 is 37.6 Å². The lowest BCUT2D eigenvalue weighted by Crippen LogP contribution is -2.40. The first kappa shape index (κ1) is 26.1. The Morgan fingerprint density at radius 1 is 0.735 bits per heavy atom. The number of Topliss-reactive ketones (excluding diaryl/α,β-unsaturated/α-hetero) is 1. The van der Waals surface area contributed by atoms with Gasteiger partial charge in [0, 0.05) is 32.9 Å². The molecule has 0 aliphatic carbocycles. The van der Waals surface area contributed by atoms with E-state index in [-0.39, 0.29) is 11.8 Å². The summed E-state index contributed by atoms with van der Waals surface area (Å²) >= 11 is 7.16. The van der Waals surface area contributed by atoms with E-state index in [0.29, 0.717) is 17.9 Å². The Balaban J connectivity index is 1.67. The van der Waals surface area contributed by atoms with Crippen molar-refractivity contribution in [3.8, 4) is 0 Å². The molecule has 2 saturated heterocycles. The number of piperidine rings is 2. The number of rotatable bonds is 8. The van der Waals surface area contributed by atoms with Crippen LogP contribution in [0.25, 0.3) is 0 Å². The Morgan fingerprint density at radius 3 is 1.47 bits per heavy atom. The summed E-state index contributed by atoms with van der Waals surface area (Å²) in [6.07, 6.45) is 9.24. The summed E-state index contributed by atoms with van der Waals surface area (Å²) in [6.45, 7) is 2.27. The Bertz CT molecular complexity index is 855. The molecular weight excluding hydrogens is 552 g/mol. The van der Waals surface area contributed by atoms with Gasteiger partial charge in [-0.25, -0.2) is 0 Å². The second-order valence-corrected chi connectivity index (χ2v) is 12.2. The van der Waals surface area contributed by atoms with Crippen LogP contribution in [0.2, 0.25) is 0 Å². The Hall–Kier alpha value is -1.01. The first-order chi connectivity index (χ1) is 16.4. The molecule has 0 aromatic heterocycles. The molecule has 4 unspecified atom stereocenters. The van der Waals surface area contributed by atoms with Crippen LogP contribution in [0.15, 0.2) is 57.5 Å². The molecule has 4 atom stereocenters. The monoisotopic (exact) mass is 588 g/mol. The highest BCUT2D eigenvalue weighted by molar-refractivity contribution is 9.10. The van der Waals surface area contributed by atoms with Crippen LogP contribution in [0.4, 0.5) is 0 Å². The molecule has 2 aliphatic rings. The number of ketones is 1. The smallest absolute Gasteiger partial charge is 0.147 e. The van der Waals surface area contributed by atoms with Gasteiger partial charge in [-0.1, -0.05) is 69.0 Å². The third kappa shape index (κ3) is 6.60. The first-order valence-electron chi connectivity index (χ1n) is 12.9. The van der Waals surface area contributed by atoms with Crippen LogP contribution < -0.4 is 0 Å². The van der Waals surface area contributed by atoms with E-state index in [0.717, 1.165) is 46.0 Å². The summed E-state index contributed by atoms with van der Waals surface area (Å²) in [4.78, 5) is 19.5. The highest BCUT2D eigenvalue weighted by Crippen LogP contribution is 2.37. The van der Waals surface area contributed by atoms with Gasteiger partial charge in [0.1, 0.15) is 5.78 Å². The van der Waals surface area contributed by atoms with Crippen LogP contribution in [-0.4, -0.2) is 54.9 Å². The van der Waals surface area contributed by atoms with Gasteiger partial charge in [-0.2, -0.15) is 0 Å². The van der Waals surface area contributed by atoms with Crippen molar-refractivity contribution < 1.29 is 4.79 Å². The summed E-state index contributed by atoms with van der Waals surface area (Å²) in [7, 11) is 4.46. The molecule has 34 heavy (non-hydrogen) atoms. The fourth-order valence-corrected chi connectivity index (χ4v) is 6.42. The number of nitrogens with zero attached hydrogens (tertiary/aromatic N) is 2. The predicted octanol–water partition coefficient (Wildman–Crippen LogP) is 7.40. The van der Waals surface area contributed by atoms with Crippen LogP contribution in [0.3, 0.4) is 0 Å². The SMILES string of the molecule is CN1CCCCC1CC(C(=O)C(CC1CCCCN1C)c1ccc(Br)cc1)c1ccc(Br)cc1. The Morgan fingerprint density at radius 2 is 1.12 bits per heavy atom. The average molecular weight is 590 g/mol. The molecule has 0 N–H and O–H groups in total. The van der Waals surface area contributed by atoms with E-state index >= 15 is 0 Å². The van der Waals surface area contributed by atoms with Crippen LogP contribution >= 0.6 is 31.9 Å². The number of carbonyl (C=O) groups is 1. The number of halogens is 2. The van der Waals surface area contributed by atoms with E-state index in [1.54, 1.807) is 0 Å². The third-order valence-electron chi connectivity index (χ3n) is 8.09. The molecule has 0 bridgehead atoms. The molecular formula is C29H38Br2N2O. The summed E-state index contributed by atoms with van der Waals surface area (Å²) in [5, 5.41) is 0. The highest BCUT2D eigenvalue weighted by Gasteiger charge is 2.35. The fraction of sp³-hybridized carbons (Fsp3) is 0.552. The molecule has 0 saturated carbocycles. The summed E-state index contributed by atoms with van der Waals surface area (Å²) in [5.74, 6) is 0.227. The average Bonchev–Trinajstić information content (AvgIpc) is 2.84. The van der Waals surface area contributed by atoms with Gasteiger partial charge in [-0.3, -0.25) is 4.79 Å². The number of likely N-dealkylation sites (tertiary alicyclic amines) is 2. The Labute approximate surface area is 222 Å². The van der Waals surface area contributed by atoms with Gasteiger partial charge in [0.25, 0.3) is 0 Å². The van der Waals surface area contributed by atoms with Crippen LogP contribution in [-0.2, 0) is 4.79 Å². The maximum absolute atomic E-state index is 14.5. The zero-order valence-corrected chi connectivity index (χ0v) is 23.7. The molecule has 0 radical (unpaired) electrons. The number of hydrogen-bond donors (Lipinski definition) is 0. The minimum absolute atomic E-state index is 0.0822. The number of hydrogen-bond acceptors (Lipinski definition) is 3. The second kappa shape index (κ2) is 12.3. The van der Waals surface area contributed by atoms with E-state index in [9.17, 15) is 4.79 Å². The molecule has 3 nitrogen and oxygen atoms in total. The van der Waals surface area contributed by atoms with E-state index in [4.69, 9.17) is 0 Å². The minimum Gasteiger partial charge on any atom is -0.303 e. The van der Waals surface area contributed by atoms with E-state index in [1.165, 1.54) is 38.5 Å². The van der Waals surface area contributed by atoms with Crippen molar-refractivity contribution in [1.29, 1.82) is 0 Å². The largest absolute Gasteiger partial charge is 0.303 e. The van der Waals surface area contributed by atoms with Crippen LogP contribution in [0, 0.1) is 0 Å². The highest BCUT2D eigenvalue weighted by atomic mass is 79.9. The van der Waals surface area contributed by atoms with Gasteiger partial charge in [-0.05, 0) is 101 Å². The predicted molar refractivity (Wildman–Crippen MR) is 149 cm³/mol. The molecule has 2 aromatic carbocycles. The van der Waals surface area contributed by atoms with E-state index in [2.05, 4.69) is 104 Å². The van der Waals surface area contributed by atoms with Gasteiger partial charge in [0.05, 0.1) is 0 Å². The number of carbonyl (C=O) groups excluding carboxylic acids is 1. The molecule has 2 aromatic rings. The number of benzene rings is 2. The van der Waals surface area contributed by atoms with Crippen LogP contribution in [0.5, 0.6) is 0 Å². The molecule has 0 amide bonds. The third-order valence-corrected chi connectivity index (χ3v) is 9.15. The molecule has 2 aliphatic heterocycles. The van der Waals surface area contributed by atoms with Crippen molar-refractivity contribution in [2.24, 2.45) is 0 Å². The molecule has 4 rings (SSSR count). The Kier molecular flexibility index (Phi) is 9.42. The summed E-state index contributed by atoms with van der Waals surface area (Å²) in [5.41, 5.74) is 2.32. The quantitative estimate of drug-likeness (QED) is 0.320. The zero-order valence-electron chi connectivity index (χ0n) is 20.6. The van der Waals surface area contributed by atoms with Crippen molar-refractivity contribution in [2.45, 2.75) is 75.3 Å². The lowest BCUT2D eigenvalue weighted by Gasteiger charge is -2.37. The van der Waals surface area contributed by atoms with Gasteiger partial charge in [0.15, 0.2) is 0 Å². The standard InChI is InChI=1S/C29H38Br2N2O/c1-32-17-5-3-7-25(32)19-27(21-9-13-23(30)14-10-21)29(34)28(22-11-15-24(31)16-12-22)20-26-8-4-6-18-33(26)2/h9-16,25-28H,3-8,17-20H2,1-2H3. The minimum atomic E-state index is -0.0822. The fourth-order valence-electron chi connectivity index (χ4n) is 5.89. The molecule has 2 fully saturated rings. The molecule has 184 valence electrons. The van der Waals surface area contributed by atoms with Gasteiger partial charge in [-0.15, -0.1) is 0 Å². The molecule has 0 spiro atoms. The lowest BCUT2D eigenvalue weighted by molar-refractivity contribution is -0.123. The second-order valence-electron chi connectivity index (χ2n) is 10.3. The van der Waals surface area contributed by atoms with E-state index < -0.39 is 0 Å². The summed E-state index contributed by atoms with van der Waals surface area (Å²) < 4.78 is 2.12.